The molecule has 12 heterocycles. The van der Waals surface area contributed by atoms with Crippen LogP contribution in [0, 0.1) is 23.7 Å². The molecule has 25 nitrogen and oxygen atoms in total. The third-order valence-corrected chi connectivity index (χ3v) is 26.4. The maximum atomic E-state index is 13.0. The second-order valence-electron chi connectivity index (χ2n) is 35.0. The molecule has 16 rings (SSSR count). The van der Waals surface area contributed by atoms with Crippen LogP contribution in [0.25, 0.3) is 43.6 Å². The van der Waals surface area contributed by atoms with Gasteiger partial charge in [0, 0.05) is 217 Å². The first kappa shape index (κ1) is 90.6. The van der Waals surface area contributed by atoms with Crippen molar-refractivity contribution in [2.45, 2.75) is 197 Å². The summed E-state index contributed by atoms with van der Waals surface area (Å²) in [6.45, 7) is 40.6. The van der Waals surface area contributed by atoms with Crippen molar-refractivity contribution in [1.29, 1.82) is 0 Å². The summed E-state index contributed by atoms with van der Waals surface area (Å²) in [7, 11) is 0. The van der Waals surface area contributed by atoms with Crippen molar-refractivity contribution >= 4 is 101 Å². The lowest BCUT2D eigenvalue weighted by atomic mass is 9.90. The molecule has 4 atom stereocenters. The number of hydrogen-bond donors (Lipinski definition) is 5. The van der Waals surface area contributed by atoms with Gasteiger partial charge >= 0.3 is 0 Å². The van der Waals surface area contributed by atoms with Gasteiger partial charge in [-0.2, -0.15) is 4.98 Å². The van der Waals surface area contributed by atoms with Crippen LogP contribution in [0.15, 0.2) is 143 Å². The van der Waals surface area contributed by atoms with Gasteiger partial charge in [-0.05, 0) is 170 Å². The lowest BCUT2D eigenvalue weighted by Gasteiger charge is -2.36. The number of likely N-dealkylation sites (N-methyl/N-ethyl adjacent to an activating group) is 1. The van der Waals surface area contributed by atoms with Crippen LogP contribution >= 0.6 is 11.3 Å². The number of hydrogen-bond acceptors (Lipinski definition) is 21. The summed E-state index contributed by atoms with van der Waals surface area (Å²) in [5, 5.41) is 22.3. The van der Waals surface area contributed by atoms with Gasteiger partial charge in [-0.3, -0.25) is 39.0 Å². The number of fused-ring (bicyclic) bond motifs is 4. The van der Waals surface area contributed by atoms with Crippen molar-refractivity contribution in [1.82, 2.24) is 74.9 Å². The predicted octanol–water partition coefficient (Wildman–Crippen LogP) is 18.3. The molecule has 0 saturated carbocycles. The summed E-state index contributed by atoms with van der Waals surface area (Å²) in [4.78, 5) is 97.2. The minimum atomic E-state index is 0.0536. The first-order valence-corrected chi connectivity index (χ1v) is 46.6. The standard InChI is InChI=1S/C25H34N4O2.C24H34N6O.C24H33N5OS.C24H32N4O2/c1-4-7-19(14-20-16-26-22-9-6-5-8-21(20)22)15-23(30)24-17-27-25(31-24)29-12-10-28(11-13-29)18(2)3;1-4-7-18(14-19-16-25-21-9-6-5-8-20(19)21)15-22(31)23-26-24(28-27-23)30-12-10-29(11-13-30)17(2)3;1-4-7-18(14-19-16-25-21-9-6-5-8-20(19)21)15-22(30)23-26-27-24(31-23)29-12-10-28(11-13-29)17(2)3;1-3-7-18(14-19-16-25-21-9-6-5-8-20(19)21)15-22(29)23-17-26-24(30-23)28-12-10-27(4-2)11-13-28/h5-6,8-9,16-19,26H,4,7,10-15H2,1-3H3;5-6,8-9,16-18,25H,4,7,10-15H2,1-3H3,(H,26,27,28);5-6,8-9,16-18,25H,4,7,10-15H2,1-3H3;5-6,8-9,16-18,25H,3-4,7,10-15H2,1-2H3. The van der Waals surface area contributed by atoms with Crippen LogP contribution in [0.4, 0.5) is 23.1 Å². The molecule has 4 aromatic carbocycles. The Kier molecular flexibility index (Phi) is 32.8. The largest absolute Gasteiger partial charge is 0.420 e. The van der Waals surface area contributed by atoms with Gasteiger partial charge in [0.2, 0.25) is 11.1 Å². The number of nitrogens with zero attached hydrogens (tertiary/aromatic N) is 14. The van der Waals surface area contributed by atoms with Gasteiger partial charge in [0.1, 0.15) is 0 Å². The van der Waals surface area contributed by atoms with Crippen LogP contribution in [0.2, 0.25) is 0 Å². The first-order chi connectivity index (χ1) is 59.8. The van der Waals surface area contributed by atoms with E-state index >= 15 is 0 Å². The summed E-state index contributed by atoms with van der Waals surface area (Å²) in [6, 6.07) is 36.3. The van der Waals surface area contributed by atoms with Crippen molar-refractivity contribution in [2.24, 2.45) is 23.7 Å². The number of benzene rings is 4. The van der Waals surface area contributed by atoms with Gasteiger partial charge in [0.15, 0.2) is 45.5 Å². The Balaban J connectivity index is 0.000000141. The summed E-state index contributed by atoms with van der Waals surface area (Å²) in [5.41, 5.74) is 9.74. The monoisotopic (exact) mass is 1690 g/mol. The molecule has 4 aliphatic rings. The van der Waals surface area contributed by atoms with Crippen LogP contribution in [0.5, 0.6) is 0 Å². The summed E-state index contributed by atoms with van der Waals surface area (Å²) < 4.78 is 11.8. The molecule has 4 unspecified atom stereocenters. The number of aromatic amines is 5. The lowest BCUT2D eigenvalue weighted by Crippen LogP contribution is -2.49. The lowest BCUT2D eigenvalue weighted by molar-refractivity contribution is 0.0924. The SMILES string of the molecule is CCCC(CC(=O)c1cnc(N2CCN(C(C)C)CC2)o1)Cc1c[nH]c2ccccc12.CCCC(CC(=O)c1cnc(N2CCN(CC)CC2)o1)Cc1c[nH]c2ccccc12.CCCC(CC(=O)c1nc(N2CCN(C(C)C)CC2)n[nH]1)Cc1c[nH]c2ccccc12.CCCC(CC(=O)c1nnc(N2CCN(C(C)C)CC2)s1)Cc1c[nH]c2ccccc12. The molecule has 12 aromatic rings. The number of ketones is 4. The number of H-pyrrole nitrogens is 5. The third kappa shape index (κ3) is 24.3. The van der Waals surface area contributed by atoms with E-state index in [1.165, 1.54) is 55.1 Å². The highest BCUT2D eigenvalue weighted by molar-refractivity contribution is 7.17. The number of carbonyl (C=O) groups excluding carboxylic acids is 4. The number of aromatic nitrogens is 11. The molecular formula is C97H133N19O6S. The third-order valence-electron chi connectivity index (χ3n) is 25.4. The van der Waals surface area contributed by atoms with Crippen molar-refractivity contribution in [3.8, 4) is 0 Å². The number of para-hydroxylation sites is 4. The highest BCUT2D eigenvalue weighted by Gasteiger charge is 2.31. The maximum absolute atomic E-state index is 13.0. The fourth-order valence-electron chi connectivity index (χ4n) is 18.2. The van der Waals surface area contributed by atoms with Crippen LogP contribution in [0.1, 0.15) is 217 Å². The van der Waals surface area contributed by atoms with Crippen molar-refractivity contribution in [2.75, 3.05) is 131 Å². The average Bonchev–Trinajstić information content (AvgIpc) is 1.70. The van der Waals surface area contributed by atoms with Crippen LogP contribution in [-0.4, -0.2) is 227 Å². The Morgan fingerprint density at radius 2 is 0.732 bits per heavy atom. The van der Waals surface area contributed by atoms with Gasteiger partial charge in [-0.25, -0.2) is 9.97 Å². The van der Waals surface area contributed by atoms with E-state index in [9.17, 15) is 19.2 Å². The Morgan fingerprint density at radius 1 is 0.398 bits per heavy atom. The maximum Gasteiger partial charge on any atom is 0.297 e. The minimum Gasteiger partial charge on any atom is -0.420 e. The molecule has 658 valence electrons. The second kappa shape index (κ2) is 44.5. The Hall–Kier alpha value is -10.1. The molecule has 0 radical (unpaired) electrons. The highest BCUT2D eigenvalue weighted by atomic mass is 32.1. The molecule has 4 aliphatic heterocycles. The summed E-state index contributed by atoms with van der Waals surface area (Å²) >= 11 is 1.46. The zero-order valence-electron chi connectivity index (χ0n) is 74.7. The molecule has 5 N–H and O–H groups in total. The first-order valence-electron chi connectivity index (χ1n) is 45.8. The second-order valence-corrected chi connectivity index (χ2v) is 36.0. The summed E-state index contributed by atoms with van der Waals surface area (Å²) in [6.07, 6.45) is 25.5. The molecule has 0 aliphatic carbocycles. The zero-order valence-corrected chi connectivity index (χ0v) is 75.5. The van der Waals surface area contributed by atoms with E-state index < -0.39 is 0 Å². The van der Waals surface area contributed by atoms with Gasteiger partial charge in [0.05, 0.1) is 12.4 Å². The Morgan fingerprint density at radius 3 is 1.09 bits per heavy atom. The average molecular weight is 1690 g/mol. The van der Waals surface area contributed by atoms with E-state index in [-0.39, 0.29) is 23.1 Å². The normalized spacial score (nSPS) is 16.3. The predicted molar refractivity (Wildman–Crippen MR) is 498 cm³/mol. The van der Waals surface area contributed by atoms with Gasteiger partial charge in [-0.15, -0.1) is 15.3 Å². The molecule has 0 amide bonds. The van der Waals surface area contributed by atoms with Crippen LogP contribution < -0.4 is 19.6 Å². The van der Waals surface area contributed by atoms with E-state index in [1.54, 1.807) is 12.4 Å². The van der Waals surface area contributed by atoms with Crippen molar-refractivity contribution in [3.05, 3.63) is 179 Å². The van der Waals surface area contributed by atoms with Gasteiger partial charge in [0.25, 0.3) is 12.0 Å². The van der Waals surface area contributed by atoms with E-state index in [0.29, 0.717) is 108 Å². The van der Waals surface area contributed by atoms with Crippen molar-refractivity contribution < 1.29 is 28.0 Å². The molecule has 0 spiro atoms. The Labute approximate surface area is 730 Å². The number of Topliss-reactive ketones (excluding diaryl/α,β-unsaturated/α-hetero) is 4. The number of anilines is 4. The summed E-state index contributed by atoms with van der Waals surface area (Å²) in [5.74, 6) is 3.31. The van der Waals surface area contributed by atoms with Crippen LogP contribution in [0.3, 0.4) is 0 Å². The van der Waals surface area contributed by atoms with Gasteiger partial charge in [-0.1, -0.05) is 144 Å². The molecular weight excluding hydrogens is 1560 g/mol. The number of piperazine rings is 4. The van der Waals surface area contributed by atoms with E-state index in [2.05, 4.69) is 268 Å². The molecule has 0 bridgehead atoms. The minimum absolute atomic E-state index is 0.0536. The number of nitrogens with one attached hydrogen (secondary N) is 5. The Bertz CT molecular complexity index is 4870. The van der Waals surface area contributed by atoms with Crippen LogP contribution in [-0.2, 0) is 25.7 Å². The van der Waals surface area contributed by atoms with E-state index in [0.717, 1.165) is 216 Å². The smallest absolute Gasteiger partial charge is 0.297 e. The fraction of sp³-hybridized carbons (Fsp3) is 0.526. The van der Waals surface area contributed by atoms with Crippen molar-refractivity contribution in [3.63, 3.8) is 0 Å². The topological polar surface area (TPSA) is 277 Å². The fourth-order valence-corrected chi connectivity index (χ4v) is 19.1. The number of oxazole rings is 2. The molecule has 123 heavy (non-hydrogen) atoms. The van der Waals surface area contributed by atoms with E-state index in [1.807, 2.05) is 24.3 Å². The highest BCUT2D eigenvalue weighted by Crippen LogP contribution is 2.34. The molecule has 4 fully saturated rings. The number of carbonyl (C=O) groups is 4. The molecule has 8 aromatic heterocycles. The van der Waals surface area contributed by atoms with E-state index in [4.69, 9.17) is 8.83 Å². The molecule has 26 heteroatoms. The molecule has 4 saturated heterocycles. The quantitative estimate of drug-likeness (QED) is 0.0228. The zero-order chi connectivity index (χ0) is 86.3. The number of rotatable bonds is 36. The van der Waals surface area contributed by atoms with Gasteiger partial charge < -0.3 is 53.3 Å².